The van der Waals surface area contributed by atoms with Crippen molar-refractivity contribution in [3.63, 3.8) is 0 Å². The Morgan fingerprint density at radius 3 is 1.15 bits per heavy atom. The van der Waals surface area contributed by atoms with Crippen LogP contribution in [0.4, 0.5) is 0 Å². The molecule has 1 heterocycles. The van der Waals surface area contributed by atoms with Gasteiger partial charge in [0, 0.05) is 12.8 Å². The molecule has 0 aromatic rings. The highest BCUT2D eigenvalue weighted by atomic mass is 16.7. The quantitative estimate of drug-likeness (QED) is 0.0195. The molecule has 1 aliphatic heterocycles. The monoisotopic (exact) mass is 1280 g/mol. The number of carbonyl (C=O) groups is 2. The average molecular weight is 1280 g/mol. The molecule has 1 aliphatic rings. The first-order chi connectivity index (χ1) is 44.7. The fourth-order valence-corrected chi connectivity index (χ4v) is 11.9. The maximum absolute atomic E-state index is 13.0. The SMILES string of the molecule is CCCCC/C=C\C/C=C\CCCCCCCC(=O)OCCCCCCCCCCCCCCCCC/C=C\C/C=C\CCCCCCCCCCCCCCCCCCCC(=O)NC(COC1OC(CO)C(O)C(O)C1O)C(O)/C=C/CC/C=C/CCCCC. The Morgan fingerprint density at radius 2 is 0.747 bits per heavy atom. The first kappa shape index (κ1) is 86.1. The van der Waals surface area contributed by atoms with Crippen molar-refractivity contribution in [1.82, 2.24) is 5.32 Å². The van der Waals surface area contributed by atoms with Gasteiger partial charge in [0.15, 0.2) is 6.29 Å². The molecule has 1 amide bonds. The van der Waals surface area contributed by atoms with Crippen LogP contribution in [-0.2, 0) is 23.8 Å². The van der Waals surface area contributed by atoms with E-state index in [-0.39, 0.29) is 18.5 Å². The summed E-state index contributed by atoms with van der Waals surface area (Å²) in [7, 11) is 0. The number of nitrogens with one attached hydrogen (secondary N) is 1. The lowest BCUT2D eigenvalue weighted by molar-refractivity contribution is -0.302. The zero-order valence-electron chi connectivity index (χ0n) is 59.1. The van der Waals surface area contributed by atoms with Gasteiger partial charge in [-0.15, -0.1) is 0 Å². The molecule has 11 heteroatoms. The van der Waals surface area contributed by atoms with Crippen LogP contribution in [0.3, 0.4) is 0 Å². The maximum atomic E-state index is 13.0. The molecule has 0 aromatic carbocycles. The molecule has 6 N–H and O–H groups in total. The highest BCUT2D eigenvalue weighted by molar-refractivity contribution is 5.76. The molecule has 1 saturated heterocycles. The normalized spacial score (nSPS) is 18.0. The largest absolute Gasteiger partial charge is 0.466 e. The van der Waals surface area contributed by atoms with Crippen LogP contribution in [0.1, 0.15) is 361 Å². The van der Waals surface area contributed by atoms with Crippen LogP contribution in [-0.4, -0.2) is 100 Å². The molecule has 91 heavy (non-hydrogen) atoms. The third-order valence-corrected chi connectivity index (χ3v) is 18.0. The van der Waals surface area contributed by atoms with E-state index >= 15 is 0 Å². The molecular weight excluding hydrogens is 1130 g/mol. The third kappa shape index (κ3) is 57.1. The molecule has 0 spiro atoms. The second-order valence-electron chi connectivity index (χ2n) is 26.7. The lowest BCUT2D eigenvalue weighted by Gasteiger charge is -2.40. The Hall–Kier alpha value is -2.90. The number of aliphatic hydroxyl groups is 5. The van der Waals surface area contributed by atoms with Gasteiger partial charge in [-0.3, -0.25) is 9.59 Å². The molecule has 1 fully saturated rings. The summed E-state index contributed by atoms with van der Waals surface area (Å²) in [5, 5.41) is 54.3. The molecule has 0 aromatic heterocycles. The van der Waals surface area contributed by atoms with Crippen molar-refractivity contribution in [1.29, 1.82) is 0 Å². The second-order valence-corrected chi connectivity index (χ2v) is 26.7. The van der Waals surface area contributed by atoms with Crippen LogP contribution in [0.25, 0.3) is 0 Å². The predicted octanol–water partition coefficient (Wildman–Crippen LogP) is 20.6. The zero-order chi connectivity index (χ0) is 65.8. The van der Waals surface area contributed by atoms with E-state index in [1.165, 1.54) is 263 Å². The van der Waals surface area contributed by atoms with Gasteiger partial charge in [0.05, 0.1) is 32.0 Å². The van der Waals surface area contributed by atoms with E-state index < -0.39 is 49.5 Å². The number of rotatable bonds is 68. The van der Waals surface area contributed by atoms with Crippen molar-refractivity contribution < 1.29 is 49.3 Å². The summed E-state index contributed by atoms with van der Waals surface area (Å²) in [4.78, 5) is 25.1. The molecule has 11 nitrogen and oxygen atoms in total. The predicted molar refractivity (Wildman–Crippen MR) is 384 cm³/mol. The lowest BCUT2D eigenvalue weighted by Crippen LogP contribution is -2.60. The zero-order valence-corrected chi connectivity index (χ0v) is 59.1. The topological polar surface area (TPSA) is 175 Å². The lowest BCUT2D eigenvalue weighted by atomic mass is 9.99. The number of amides is 1. The molecule has 0 saturated carbocycles. The van der Waals surface area contributed by atoms with Crippen LogP contribution in [0.5, 0.6) is 0 Å². The number of aliphatic hydroxyl groups excluding tert-OH is 5. The minimum Gasteiger partial charge on any atom is -0.466 e. The van der Waals surface area contributed by atoms with Gasteiger partial charge in [-0.2, -0.15) is 0 Å². The molecular formula is C80H145NO10. The Kier molecular flexibility index (Phi) is 64.8. The highest BCUT2D eigenvalue weighted by Gasteiger charge is 2.44. The second kappa shape index (κ2) is 68.5. The van der Waals surface area contributed by atoms with Gasteiger partial charge in [0.2, 0.25) is 5.91 Å². The number of ether oxygens (including phenoxy) is 3. The van der Waals surface area contributed by atoms with E-state index in [0.29, 0.717) is 19.4 Å². The van der Waals surface area contributed by atoms with E-state index in [9.17, 15) is 35.1 Å². The molecule has 7 atom stereocenters. The Bertz CT molecular complexity index is 1740. The summed E-state index contributed by atoms with van der Waals surface area (Å²) in [5.41, 5.74) is 0. The van der Waals surface area contributed by atoms with Gasteiger partial charge in [-0.25, -0.2) is 0 Å². The van der Waals surface area contributed by atoms with Crippen LogP contribution < -0.4 is 5.32 Å². The standard InChI is InChI=1S/C80H145NO10/c1-3-5-7-9-11-13-14-15-41-45-48-52-56-60-64-68-76(85)89-69-65-61-57-53-49-46-43-40-38-36-34-32-30-28-26-24-22-20-18-16-17-19-21-23-25-27-29-31-33-35-37-39-42-44-47-51-55-59-63-67-75(84)81-72(73(83)66-62-58-54-50-12-10-8-6-4-2)71-90-80-79(88)78(87)77(86)74(70-82)91-80/h11-13,15-17,20,22,41,50,62,66,72-74,77-80,82-83,86-88H,3-10,14,18-19,21,23-40,42-49,51-61,63-65,67-71H2,1-2H3,(H,81,84)/b13-11-,17-16-,22-20-,41-15-,50-12+,66-62+. The number of allylic oxidation sites excluding steroid dienone is 11. The molecule has 0 bridgehead atoms. The van der Waals surface area contributed by atoms with Crippen LogP contribution >= 0.6 is 0 Å². The molecule has 0 aliphatic carbocycles. The first-order valence-electron chi connectivity index (χ1n) is 38.7. The van der Waals surface area contributed by atoms with E-state index in [2.05, 4.69) is 79.9 Å². The van der Waals surface area contributed by atoms with E-state index in [4.69, 9.17) is 14.2 Å². The molecule has 530 valence electrons. The Labute approximate surface area is 560 Å². The summed E-state index contributed by atoms with van der Waals surface area (Å²) in [6.45, 7) is 4.27. The van der Waals surface area contributed by atoms with Crippen molar-refractivity contribution in [2.75, 3.05) is 19.8 Å². The summed E-state index contributed by atoms with van der Waals surface area (Å²) in [5.74, 6) is -0.191. The van der Waals surface area contributed by atoms with Gasteiger partial charge in [-0.05, 0) is 109 Å². The average Bonchev–Trinajstić information content (AvgIpc) is 3.73. The van der Waals surface area contributed by atoms with Crippen molar-refractivity contribution >= 4 is 11.9 Å². The van der Waals surface area contributed by atoms with E-state index in [1.54, 1.807) is 6.08 Å². The summed E-state index contributed by atoms with van der Waals surface area (Å²) in [6, 6.07) is -0.825. The smallest absolute Gasteiger partial charge is 0.305 e. The fraction of sp³-hybridized carbons (Fsp3) is 0.825. The number of carbonyl (C=O) groups excluding carboxylic acids is 2. The van der Waals surface area contributed by atoms with Gasteiger partial charge in [0.1, 0.15) is 24.4 Å². The summed E-state index contributed by atoms with van der Waals surface area (Å²) in [6.07, 6.45) is 83.8. The van der Waals surface area contributed by atoms with Crippen molar-refractivity contribution in [3.05, 3.63) is 72.9 Å². The molecule has 1 rings (SSSR count). The number of hydrogen-bond donors (Lipinski definition) is 6. The number of esters is 1. The Morgan fingerprint density at radius 1 is 0.407 bits per heavy atom. The summed E-state index contributed by atoms with van der Waals surface area (Å²) < 4.78 is 16.7. The van der Waals surface area contributed by atoms with Crippen molar-refractivity contribution in [3.8, 4) is 0 Å². The van der Waals surface area contributed by atoms with Crippen LogP contribution in [0, 0.1) is 0 Å². The fourth-order valence-electron chi connectivity index (χ4n) is 11.9. The van der Waals surface area contributed by atoms with Gasteiger partial charge in [-0.1, -0.05) is 311 Å². The van der Waals surface area contributed by atoms with Crippen molar-refractivity contribution in [2.24, 2.45) is 0 Å². The van der Waals surface area contributed by atoms with E-state index in [1.807, 2.05) is 6.08 Å². The minimum atomic E-state index is -1.57. The van der Waals surface area contributed by atoms with Gasteiger partial charge in [0.25, 0.3) is 0 Å². The summed E-state index contributed by atoms with van der Waals surface area (Å²) >= 11 is 0. The van der Waals surface area contributed by atoms with Crippen LogP contribution in [0.15, 0.2) is 72.9 Å². The van der Waals surface area contributed by atoms with Gasteiger partial charge >= 0.3 is 5.97 Å². The third-order valence-electron chi connectivity index (χ3n) is 18.0. The van der Waals surface area contributed by atoms with E-state index in [0.717, 1.165) is 70.6 Å². The van der Waals surface area contributed by atoms with Crippen molar-refractivity contribution in [2.45, 2.75) is 403 Å². The minimum absolute atomic E-state index is 0.000141. The highest BCUT2D eigenvalue weighted by Crippen LogP contribution is 2.23. The molecule has 7 unspecified atom stereocenters. The number of unbranched alkanes of at least 4 members (excludes halogenated alkanes) is 44. The van der Waals surface area contributed by atoms with Crippen LogP contribution in [0.2, 0.25) is 0 Å². The number of hydrogen-bond acceptors (Lipinski definition) is 10. The Balaban J connectivity index is 1.87. The van der Waals surface area contributed by atoms with Gasteiger partial charge < -0.3 is 45.1 Å². The maximum Gasteiger partial charge on any atom is 0.305 e. The molecule has 0 radical (unpaired) electrons. The first-order valence-corrected chi connectivity index (χ1v) is 38.7.